The summed E-state index contributed by atoms with van der Waals surface area (Å²) in [5, 5.41) is 3.95. The largest absolute Gasteiger partial charge is 0.357 e. The summed E-state index contributed by atoms with van der Waals surface area (Å²) in [6.45, 7) is 1.50. The van der Waals surface area contributed by atoms with Crippen LogP contribution in [0.5, 0.6) is 0 Å². The molecule has 1 heterocycles. The Morgan fingerprint density at radius 2 is 1.70 bits per heavy atom. The second kappa shape index (κ2) is 8.49. The molecule has 0 fully saturated rings. The number of hydrogen-bond donors (Lipinski definition) is 1. The highest BCUT2D eigenvalue weighted by Crippen LogP contribution is 2.48. The fourth-order valence-electron chi connectivity index (χ4n) is 4.90. The molecule has 6 heteroatoms. The highest BCUT2D eigenvalue weighted by Gasteiger charge is 2.41. The van der Waals surface area contributed by atoms with E-state index in [2.05, 4.69) is 5.32 Å². The number of ketones is 1. The Morgan fingerprint density at radius 3 is 2.42 bits per heavy atom. The first-order valence-corrected chi connectivity index (χ1v) is 11.2. The van der Waals surface area contributed by atoms with Crippen molar-refractivity contribution in [1.82, 2.24) is 0 Å². The molecule has 4 nitrogen and oxygen atoms in total. The highest BCUT2D eigenvalue weighted by atomic mass is 35.5. The molecule has 3 aromatic rings. The number of nitrogens with one attached hydrogen (secondary N) is 1. The summed E-state index contributed by atoms with van der Waals surface area (Å²) in [6.07, 6.45) is 0.836. The van der Waals surface area contributed by atoms with E-state index in [-0.39, 0.29) is 29.8 Å². The maximum atomic E-state index is 13.7. The van der Waals surface area contributed by atoms with Crippen LogP contribution in [0.3, 0.4) is 0 Å². The number of fused-ring (bicyclic) bond motifs is 1. The van der Waals surface area contributed by atoms with E-state index in [4.69, 9.17) is 11.6 Å². The summed E-state index contributed by atoms with van der Waals surface area (Å²) >= 11 is 6.60. The minimum atomic E-state index is -0.649. The Balaban J connectivity index is 1.71. The van der Waals surface area contributed by atoms with Crippen LogP contribution in [0.15, 0.2) is 84.1 Å². The molecule has 2 atom stereocenters. The fourth-order valence-corrected chi connectivity index (χ4v) is 5.14. The van der Waals surface area contributed by atoms with E-state index in [0.29, 0.717) is 28.3 Å². The number of carbonyl (C=O) groups is 2. The molecule has 1 aliphatic carbocycles. The molecule has 0 aromatic heterocycles. The molecule has 0 radical (unpaired) electrons. The molecule has 0 saturated heterocycles. The standard InChI is InChI=1S/C27H22ClFN2O2/c1-16(32)31-24-9-5-4-8-22(24)30-23-14-18(17-10-12-19(29)13-11-17)15-25(33)26(23)27(31)20-6-2-3-7-21(20)28/h2-13,18,27,30H,14-15H2,1H3/t18-,27+/m1/s1. The van der Waals surface area contributed by atoms with Crippen LogP contribution >= 0.6 is 11.6 Å². The van der Waals surface area contributed by atoms with Crippen LogP contribution in [0.1, 0.15) is 42.9 Å². The third-order valence-corrected chi connectivity index (χ3v) is 6.71. The van der Waals surface area contributed by atoms with Crippen LogP contribution in [0.2, 0.25) is 5.02 Å². The van der Waals surface area contributed by atoms with Crippen LogP contribution in [0, 0.1) is 5.82 Å². The van der Waals surface area contributed by atoms with Crippen molar-refractivity contribution in [2.45, 2.75) is 31.7 Å². The molecule has 33 heavy (non-hydrogen) atoms. The van der Waals surface area contributed by atoms with E-state index in [1.54, 1.807) is 23.1 Å². The maximum Gasteiger partial charge on any atom is 0.224 e. The van der Waals surface area contributed by atoms with Gasteiger partial charge in [-0.05, 0) is 53.8 Å². The number of nitrogens with zero attached hydrogens (tertiary/aromatic N) is 1. The van der Waals surface area contributed by atoms with Gasteiger partial charge in [-0.25, -0.2) is 4.39 Å². The second-order valence-electron chi connectivity index (χ2n) is 8.43. The zero-order chi connectivity index (χ0) is 23.1. The van der Waals surface area contributed by atoms with Gasteiger partial charge in [0.2, 0.25) is 5.91 Å². The van der Waals surface area contributed by atoms with Gasteiger partial charge in [-0.15, -0.1) is 0 Å². The SMILES string of the molecule is CC(=O)N1c2ccccc2NC2=C(C(=O)C[C@H](c3ccc(F)cc3)C2)[C@@H]1c1ccccc1Cl. The van der Waals surface area contributed by atoms with Gasteiger partial charge in [0.1, 0.15) is 5.82 Å². The number of para-hydroxylation sites is 2. The summed E-state index contributed by atoms with van der Waals surface area (Å²) in [5.74, 6) is -0.635. The Morgan fingerprint density at radius 1 is 1.00 bits per heavy atom. The Labute approximate surface area is 196 Å². The molecule has 0 unspecified atom stereocenters. The number of hydrogen-bond acceptors (Lipinski definition) is 3. The lowest BCUT2D eigenvalue weighted by atomic mass is 9.78. The normalized spacial score (nSPS) is 20.0. The van der Waals surface area contributed by atoms with E-state index in [0.717, 1.165) is 16.9 Å². The molecule has 2 aliphatic rings. The van der Waals surface area contributed by atoms with Gasteiger partial charge in [0.15, 0.2) is 5.78 Å². The zero-order valence-electron chi connectivity index (χ0n) is 18.0. The maximum absolute atomic E-state index is 13.7. The summed E-state index contributed by atoms with van der Waals surface area (Å²) < 4.78 is 13.5. The zero-order valence-corrected chi connectivity index (χ0v) is 18.8. The topological polar surface area (TPSA) is 49.4 Å². The van der Waals surface area contributed by atoms with E-state index in [9.17, 15) is 14.0 Å². The number of Topliss-reactive ketones (excluding diaryl/α,β-unsaturated/α-hetero) is 1. The molecule has 3 aromatic carbocycles. The number of carbonyl (C=O) groups excluding carboxylic acids is 2. The van der Waals surface area contributed by atoms with Gasteiger partial charge in [0.25, 0.3) is 0 Å². The molecule has 166 valence electrons. The van der Waals surface area contributed by atoms with E-state index in [1.807, 2.05) is 42.5 Å². The van der Waals surface area contributed by atoms with Gasteiger partial charge in [-0.2, -0.15) is 0 Å². The first-order chi connectivity index (χ1) is 15.9. The average molecular weight is 461 g/mol. The minimum Gasteiger partial charge on any atom is -0.357 e. The lowest BCUT2D eigenvalue weighted by Crippen LogP contribution is -2.37. The highest BCUT2D eigenvalue weighted by molar-refractivity contribution is 6.31. The number of anilines is 2. The molecule has 1 N–H and O–H groups in total. The predicted octanol–water partition coefficient (Wildman–Crippen LogP) is 6.40. The molecular formula is C27H22ClFN2O2. The van der Waals surface area contributed by atoms with Crippen LogP contribution in [0.4, 0.5) is 15.8 Å². The van der Waals surface area contributed by atoms with E-state index < -0.39 is 6.04 Å². The van der Waals surface area contributed by atoms with Crippen LogP contribution in [0.25, 0.3) is 0 Å². The van der Waals surface area contributed by atoms with Gasteiger partial charge in [0, 0.05) is 29.6 Å². The number of rotatable bonds is 2. The van der Waals surface area contributed by atoms with Crippen molar-refractivity contribution in [2.24, 2.45) is 0 Å². The van der Waals surface area contributed by atoms with E-state index in [1.165, 1.54) is 19.1 Å². The van der Waals surface area contributed by atoms with Crippen molar-refractivity contribution in [3.05, 3.63) is 106 Å². The lowest BCUT2D eigenvalue weighted by molar-refractivity contribution is -0.117. The smallest absolute Gasteiger partial charge is 0.224 e. The summed E-state index contributed by atoms with van der Waals surface area (Å²) in [6, 6.07) is 20.5. The number of benzene rings is 3. The first kappa shape index (κ1) is 21.4. The van der Waals surface area contributed by atoms with Gasteiger partial charge in [-0.3, -0.25) is 14.5 Å². The predicted molar refractivity (Wildman–Crippen MR) is 128 cm³/mol. The Hall–Kier alpha value is -3.44. The van der Waals surface area contributed by atoms with Gasteiger partial charge in [-0.1, -0.05) is 54.1 Å². The third kappa shape index (κ3) is 3.83. The molecule has 1 amide bonds. The summed E-state index contributed by atoms with van der Waals surface area (Å²) in [4.78, 5) is 28.3. The monoisotopic (exact) mass is 460 g/mol. The second-order valence-corrected chi connectivity index (χ2v) is 8.83. The van der Waals surface area contributed by atoms with Crippen molar-refractivity contribution in [1.29, 1.82) is 0 Å². The van der Waals surface area contributed by atoms with Crippen molar-refractivity contribution >= 4 is 34.7 Å². The Kier molecular flexibility index (Phi) is 5.51. The molecule has 0 saturated carbocycles. The minimum absolute atomic E-state index is 0.0537. The van der Waals surface area contributed by atoms with Crippen molar-refractivity contribution < 1.29 is 14.0 Å². The summed E-state index contributed by atoms with van der Waals surface area (Å²) in [5.41, 5.74) is 4.37. The summed E-state index contributed by atoms with van der Waals surface area (Å²) in [7, 11) is 0. The molecule has 0 spiro atoms. The van der Waals surface area contributed by atoms with Crippen LogP contribution in [-0.2, 0) is 9.59 Å². The molecule has 5 rings (SSSR count). The quantitative estimate of drug-likeness (QED) is 0.481. The number of amides is 1. The third-order valence-electron chi connectivity index (χ3n) is 6.37. The molecule has 1 aliphatic heterocycles. The number of halogens is 2. The number of allylic oxidation sites excluding steroid dienone is 1. The van der Waals surface area contributed by atoms with Crippen molar-refractivity contribution in [2.75, 3.05) is 10.2 Å². The average Bonchev–Trinajstić information content (AvgIpc) is 2.94. The Bertz CT molecular complexity index is 1290. The van der Waals surface area contributed by atoms with Gasteiger partial charge < -0.3 is 5.32 Å². The fraction of sp³-hybridized carbons (Fsp3) is 0.185. The van der Waals surface area contributed by atoms with Gasteiger partial charge >= 0.3 is 0 Å². The first-order valence-electron chi connectivity index (χ1n) is 10.9. The lowest BCUT2D eigenvalue weighted by Gasteiger charge is -2.35. The van der Waals surface area contributed by atoms with E-state index >= 15 is 0 Å². The molecular weight excluding hydrogens is 439 g/mol. The van der Waals surface area contributed by atoms with Crippen molar-refractivity contribution in [3.63, 3.8) is 0 Å². The van der Waals surface area contributed by atoms with Crippen LogP contribution < -0.4 is 10.2 Å². The van der Waals surface area contributed by atoms with Crippen molar-refractivity contribution in [3.8, 4) is 0 Å². The molecule has 0 bridgehead atoms. The van der Waals surface area contributed by atoms with Crippen LogP contribution in [-0.4, -0.2) is 11.7 Å². The van der Waals surface area contributed by atoms with Gasteiger partial charge in [0.05, 0.1) is 17.4 Å².